The lowest BCUT2D eigenvalue weighted by molar-refractivity contribution is 0.0144. The number of rotatable bonds is 39. The van der Waals surface area contributed by atoms with Gasteiger partial charge in [-0.15, -0.1) is 0 Å². The molecule has 101 heavy (non-hydrogen) atoms. The fraction of sp³-hybridized carbons (Fsp3) is 0.514. The molecule has 560 valence electrons. The molecule has 1 fully saturated rings. The van der Waals surface area contributed by atoms with Crippen LogP contribution in [-0.2, 0) is 41.6 Å². The first-order valence-electron chi connectivity index (χ1n) is 34.9. The van der Waals surface area contributed by atoms with E-state index in [1.54, 1.807) is 6.07 Å². The molecule has 6 aromatic carbocycles. The third-order valence-corrected chi connectivity index (χ3v) is 23.0. The molecule has 1 saturated heterocycles. The summed E-state index contributed by atoms with van der Waals surface area (Å²) in [5.74, 6) is 6.98. The minimum Gasteiger partial charge on any atom is -0.449 e. The van der Waals surface area contributed by atoms with Gasteiger partial charge in [-0.05, 0) is 169 Å². The van der Waals surface area contributed by atoms with Crippen LogP contribution in [0.2, 0.25) is 0 Å². The van der Waals surface area contributed by atoms with Crippen LogP contribution in [0.5, 0.6) is 40.2 Å². The van der Waals surface area contributed by atoms with Crippen molar-refractivity contribution in [3.05, 3.63) is 162 Å². The smallest absolute Gasteiger partial charge is 0.428 e. The van der Waals surface area contributed by atoms with E-state index in [9.17, 15) is 0 Å². The van der Waals surface area contributed by atoms with E-state index in [-0.39, 0.29) is 81.1 Å². The summed E-state index contributed by atoms with van der Waals surface area (Å²) in [6, 6.07) is 46.6. The summed E-state index contributed by atoms with van der Waals surface area (Å²) >= 11 is 0. The zero-order valence-electron chi connectivity index (χ0n) is 61.5. The van der Waals surface area contributed by atoms with Crippen molar-refractivity contribution < 1.29 is 85.5 Å². The van der Waals surface area contributed by atoms with Crippen molar-refractivity contribution >= 4 is 81.6 Å². The van der Waals surface area contributed by atoms with Crippen LogP contribution in [0.25, 0.3) is 11.2 Å². The Morgan fingerprint density at radius 3 is 1.73 bits per heavy atom. The number of fused-ring (bicyclic) bond motifs is 2. The number of hydrogen-bond acceptors (Lipinski definition) is 19. The van der Waals surface area contributed by atoms with Gasteiger partial charge in [0.25, 0.3) is 26.4 Å². The van der Waals surface area contributed by atoms with Gasteiger partial charge in [0.15, 0.2) is 35.2 Å². The van der Waals surface area contributed by atoms with Gasteiger partial charge in [0, 0.05) is 25.1 Å². The molecule has 3 heterocycles. The zero-order chi connectivity index (χ0) is 72.6. The Bertz CT molecular complexity index is 3280. The Balaban J connectivity index is 0.000000213. The lowest BCUT2D eigenvalue weighted by Crippen LogP contribution is -2.25. The van der Waals surface area contributed by atoms with Crippen molar-refractivity contribution in [3.63, 3.8) is 0 Å². The van der Waals surface area contributed by atoms with Gasteiger partial charge in [0.2, 0.25) is 14.6 Å². The number of benzene rings is 6. The van der Waals surface area contributed by atoms with Gasteiger partial charge in [-0.2, -0.15) is 0 Å². The minimum atomic E-state index is -1.53. The molecule has 19 nitrogen and oxygen atoms in total. The molecule has 0 radical (unpaired) electrons. The van der Waals surface area contributed by atoms with Crippen molar-refractivity contribution in [2.24, 2.45) is 17.8 Å². The van der Waals surface area contributed by atoms with Gasteiger partial charge in [0.1, 0.15) is 28.7 Å². The van der Waals surface area contributed by atoms with E-state index >= 15 is 0 Å². The van der Waals surface area contributed by atoms with E-state index in [0.717, 1.165) is 97.8 Å². The van der Waals surface area contributed by atoms with Crippen LogP contribution in [0.1, 0.15) is 164 Å². The van der Waals surface area contributed by atoms with E-state index in [0.29, 0.717) is 53.6 Å². The van der Waals surface area contributed by atoms with Crippen molar-refractivity contribution in [2.45, 2.75) is 198 Å². The summed E-state index contributed by atoms with van der Waals surface area (Å²) in [7, 11) is -3.61. The van der Waals surface area contributed by atoms with Gasteiger partial charge in [-0.25, -0.2) is 4.36 Å². The van der Waals surface area contributed by atoms with E-state index in [1.807, 2.05) is 169 Å². The monoisotopic (exact) mass is 1550 g/mol. The molecule has 2 aliphatic heterocycles. The quantitative estimate of drug-likeness (QED) is 0.0201. The SMILES string of the molecule is CC(C)(C)c1ccccc1OPOCCCCCP1Oc2ccccc2O1.CC(C)OPOC(C)CC(C)OP1OC(C)CC(C)O1.CCCCC(CC)COPOCC(C)C(C)COp1ooc2ccccc2o1.Cc1ccccc1OPOc1cccc(OPOc2ccccc2C)c1. The van der Waals surface area contributed by atoms with Crippen molar-refractivity contribution in [2.75, 3.05) is 32.6 Å². The van der Waals surface area contributed by atoms with Crippen LogP contribution in [0, 0.1) is 31.6 Å². The Kier molecular flexibility index (Phi) is 42.0. The van der Waals surface area contributed by atoms with Crippen LogP contribution in [0.4, 0.5) is 0 Å². The number of unbranched alkanes of at least 4 members (excludes halogenated alkanes) is 3. The normalized spacial score (nSPS) is 17.2. The molecule has 0 amide bonds. The summed E-state index contributed by atoms with van der Waals surface area (Å²) in [6.07, 6.45) is 11.5. The molecule has 0 aliphatic carbocycles. The third kappa shape index (κ3) is 35.0. The molecule has 27 heteroatoms. The Morgan fingerprint density at radius 2 is 1.12 bits per heavy atom. The second-order valence-corrected chi connectivity index (χ2v) is 32.8. The predicted molar refractivity (Wildman–Crippen MR) is 419 cm³/mol. The highest BCUT2D eigenvalue weighted by atomic mass is 31.2. The van der Waals surface area contributed by atoms with Crippen molar-refractivity contribution in [3.8, 4) is 40.2 Å². The average Bonchev–Trinajstić information content (AvgIpc) is 1.72. The van der Waals surface area contributed by atoms with Crippen molar-refractivity contribution in [1.29, 1.82) is 0 Å². The summed E-state index contributed by atoms with van der Waals surface area (Å²) < 4.78 is 107. The largest absolute Gasteiger partial charge is 0.449 e. The Labute approximate surface area is 614 Å². The highest BCUT2D eigenvalue weighted by Crippen LogP contribution is 2.52. The topological polar surface area (TPSA) is 187 Å². The molecule has 13 unspecified atom stereocenters. The van der Waals surface area contributed by atoms with Gasteiger partial charge in [-0.3, -0.25) is 9.10 Å². The first kappa shape index (κ1) is 86.2. The molecule has 0 spiro atoms. The van der Waals surface area contributed by atoms with E-state index in [4.69, 9.17) is 85.5 Å². The second kappa shape index (κ2) is 49.2. The van der Waals surface area contributed by atoms with Gasteiger partial charge in [-0.1, -0.05) is 159 Å². The Morgan fingerprint density at radius 1 is 0.545 bits per heavy atom. The molecule has 2 aliphatic rings. The molecule has 9 rings (SSSR count). The predicted octanol–water partition coefficient (Wildman–Crippen LogP) is 24.8. The molecule has 13 atom stereocenters. The van der Waals surface area contributed by atoms with E-state index in [1.165, 1.54) is 24.8 Å². The first-order valence-corrected chi connectivity index (χ1v) is 42.5. The lowest BCUT2D eigenvalue weighted by Gasteiger charge is -2.32. The summed E-state index contributed by atoms with van der Waals surface area (Å²) in [6.45, 7) is 34.1. The molecule has 0 bridgehead atoms. The molecule has 0 N–H and O–H groups in total. The summed E-state index contributed by atoms with van der Waals surface area (Å²) in [5, 5.41) is 0. The second-order valence-electron chi connectivity index (χ2n) is 26.0. The summed E-state index contributed by atoms with van der Waals surface area (Å²) in [4.78, 5) is 0. The van der Waals surface area contributed by atoms with E-state index < -0.39 is 25.2 Å². The summed E-state index contributed by atoms with van der Waals surface area (Å²) in [5.41, 5.74) is 4.64. The van der Waals surface area contributed by atoms with Gasteiger partial charge >= 0.3 is 16.8 Å². The molecule has 0 saturated carbocycles. The third-order valence-electron chi connectivity index (χ3n) is 15.5. The maximum absolute atomic E-state index is 5.86. The van der Waals surface area contributed by atoms with Gasteiger partial charge < -0.3 is 72.1 Å². The zero-order valence-corrected chi connectivity index (χ0v) is 69.2. The molecule has 1 aromatic heterocycles. The number of hydrogen-bond donors (Lipinski definition) is 0. The molecular formula is C74H110O19P8. The standard InChI is InChI=1S/C21H28O4P2.C20H34O6P2.C20H20O4P2.C13H28O5P2/c1-21(2,3)17-11-5-6-12-18(17)23-26-22-15-9-4-10-16-27-24-19-13-7-8-14-20(19)25-27;1-5-7-10-18(6-2)15-22-27-21-13-16(3)17(4)14-23-28-25-20-12-9-8-11-19(20)24-26-28;1-15-8-3-5-12-19(15)23-25-21-17-10-7-11-18(14-17)22-26-24-20-13-6-4-9-16(20)2;1-9(2)14-19-15-10(3)7-11(4)16-20-17-12(5)8-13(6)18-20/h5-8,11-14,26H,4,9-10,15-16H2,1-3H3;8-9,11-12,16-18,27H,5-7,10,13-15H2,1-4H3;3-14,25-26H,1-2H3;9-13,19H,7-8H2,1-6H3. The fourth-order valence-corrected chi connectivity index (χ4v) is 16.0. The maximum Gasteiger partial charge on any atom is 0.428 e. The van der Waals surface area contributed by atoms with Crippen molar-refractivity contribution in [1.82, 2.24) is 0 Å². The van der Waals surface area contributed by atoms with Crippen LogP contribution < -0.4 is 36.2 Å². The van der Waals surface area contributed by atoms with Gasteiger partial charge in [0.05, 0.1) is 56.9 Å². The Hall–Kier alpha value is -3.73. The fourth-order valence-electron chi connectivity index (χ4n) is 9.39. The minimum absolute atomic E-state index is 0.0352. The van der Waals surface area contributed by atoms with Crippen LogP contribution in [0.15, 0.2) is 159 Å². The first-order chi connectivity index (χ1) is 48.8. The molecular weight excluding hydrogens is 1440 g/mol. The number of aryl methyl sites for hydroxylation is 2. The number of para-hydroxylation sites is 7. The maximum atomic E-state index is 5.86. The highest BCUT2D eigenvalue weighted by molar-refractivity contribution is 7.48. The highest BCUT2D eigenvalue weighted by Gasteiger charge is 2.30. The van der Waals surface area contributed by atoms with Crippen LogP contribution >= 0.6 is 70.4 Å². The average molecular weight is 1550 g/mol. The van der Waals surface area contributed by atoms with E-state index in [2.05, 4.69) is 74.4 Å². The lowest BCUT2D eigenvalue weighted by atomic mass is 9.86. The van der Waals surface area contributed by atoms with Crippen LogP contribution in [0.3, 0.4) is 0 Å². The molecule has 7 aromatic rings. The van der Waals surface area contributed by atoms with Crippen LogP contribution in [-0.4, -0.2) is 63.1 Å².